The third kappa shape index (κ3) is 2.50. The number of halogens is 1. The Balaban J connectivity index is 2.56. The van der Waals surface area contributed by atoms with Crippen molar-refractivity contribution in [3.8, 4) is 0 Å². The van der Waals surface area contributed by atoms with Gasteiger partial charge in [-0.05, 0) is 45.0 Å². The summed E-state index contributed by atoms with van der Waals surface area (Å²) in [5, 5.41) is 10.9. The molecule has 2 rings (SSSR count). The van der Waals surface area contributed by atoms with Crippen LogP contribution in [0.5, 0.6) is 0 Å². The minimum Gasteiger partial charge on any atom is -0.390 e. The average Bonchev–Trinajstić information content (AvgIpc) is 2.51. The SMILES string of the molecule is CCn1c(CC(C)(C)O)cc2ccc(F)cc21. The quantitative estimate of drug-likeness (QED) is 0.868. The largest absolute Gasteiger partial charge is 0.390 e. The number of aliphatic hydroxyl groups is 1. The molecule has 2 nitrogen and oxygen atoms in total. The molecule has 0 aliphatic heterocycles. The van der Waals surface area contributed by atoms with E-state index in [1.807, 2.05) is 13.0 Å². The number of fused-ring (bicyclic) bond motifs is 1. The maximum Gasteiger partial charge on any atom is 0.125 e. The molecule has 0 spiro atoms. The molecular formula is C14H18FNO. The van der Waals surface area contributed by atoms with Crippen molar-refractivity contribution < 1.29 is 9.50 Å². The summed E-state index contributed by atoms with van der Waals surface area (Å²) >= 11 is 0. The molecule has 0 atom stereocenters. The van der Waals surface area contributed by atoms with Gasteiger partial charge in [-0.15, -0.1) is 0 Å². The van der Waals surface area contributed by atoms with Crippen molar-refractivity contribution >= 4 is 10.9 Å². The smallest absolute Gasteiger partial charge is 0.125 e. The molecule has 0 bridgehead atoms. The molecule has 0 saturated heterocycles. The number of aromatic nitrogens is 1. The van der Waals surface area contributed by atoms with Gasteiger partial charge in [0.1, 0.15) is 5.82 Å². The summed E-state index contributed by atoms with van der Waals surface area (Å²) in [6.07, 6.45) is 0.567. The second-order valence-electron chi connectivity index (χ2n) is 5.07. The van der Waals surface area contributed by atoms with Gasteiger partial charge in [-0.25, -0.2) is 4.39 Å². The van der Waals surface area contributed by atoms with Gasteiger partial charge in [0.15, 0.2) is 0 Å². The van der Waals surface area contributed by atoms with Crippen molar-refractivity contribution in [2.24, 2.45) is 0 Å². The highest BCUT2D eigenvalue weighted by atomic mass is 19.1. The molecule has 3 heteroatoms. The predicted molar refractivity (Wildman–Crippen MR) is 67.6 cm³/mol. The summed E-state index contributed by atoms with van der Waals surface area (Å²) in [5.74, 6) is -0.222. The van der Waals surface area contributed by atoms with Crippen LogP contribution in [0.4, 0.5) is 4.39 Å². The first-order valence-corrected chi connectivity index (χ1v) is 5.91. The van der Waals surface area contributed by atoms with E-state index in [1.54, 1.807) is 26.0 Å². The first kappa shape index (κ1) is 12.1. The number of aryl methyl sites for hydroxylation is 1. The molecular weight excluding hydrogens is 217 g/mol. The Kier molecular flexibility index (Phi) is 2.96. The van der Waals surface area contributed by atoms with Gasteiger partial charge in [-0.1, -0.05) is 0 Å². The van der Waals surface area contributed by atoms with Gasteiger partial charge in [0.2, 0.25) is 0 Å². The van der Waals surface area contributed by atoms with Crippen LogP contribution in [0.2, 0.25) is 0 Å². The van der Waals surface area contributed by atoms with Crippen LogP contribution in [0.25, 0.3) is 10.9 Å². The first-order chi connectivity index (χ1) is 7.90. The number of hydrogen-bond donors (Lipinski definition) is 1. The maximum atomic E-state index is 13.2. The maximum absolute atomic E-state index is 13.2. The molecule has 0 aliphatic rings. The van der Waals surface area contributed by atoms with Crippen LogP contribution in [0.15, 0.2) is 24.3 Å². The van der Waals surface area contributed by atoms with Gasteiger partial charge in [-0.2, -0.15) is 0 Å². The van der Waals surface area contributed by atoms with Crippen molar-refractivity contribution in [3.63, 3.8) is 0 Å². The zero-order chi connectivity index (χ0) is 12.6. The third-order valence-electron chi connectivity index (χ3n) is 2.88. The van der Waals surface area contributed by atoms with E-state index in [0.717, 1.165) is 23.1 Å². The second-order valence-corrected chi connectivity index (χ2v) is 5.07. The summed E-state index contributed by atoms with van der Waals surface area (Å²) in [4.78, 5) is 0. The molecule has 0 fully saturated rings. The minimum atomic E-state index is -0.750. The number of benzene rings is 1. The Hall–Kier alpha value is -1.35. The van der Waals surface area contributed by atoms with Crippen molar-refractivity contribution in [2.75, 3.05) is 0 Å². The van der Waals surface area contributed by atoms with Gasteiger partial charge in [0, 0.05) is 24.0 Å². The summed E-state index contributed by atoms with van der Waals surface area (Å²) in [6, 6.07) is 6.82. The predicted octanol–water partition coefficient (Wildman–Crippen LogP) is 3.11. The van der Waals surface area contributed by atoms with Gasteiger partial charge in [-0.3, -0.25) is 0 Å². The van der Waals surface area contributed by atoms with Gasteiger partial charge in [0.05, 0.1) is 11.1 Å². The first-order valence-electron chi connectivity index (χ1n) is 5.91. The lowest BCUT2D eigenvalue weighted by Gasteiger charge is -2.18. The van der Waals surface area contributed by atoms with E-state index in [9.17, 15) is 9.50 Å². The summed E-state index contributed by atoms with van der Waals surface area (Å²) in [6.45, 7) is 6.37. The molecule has 0 unspecified atom stereocenters. The lowest BCUT2D eigenvalue weighted by Crippen LogP contribution is -2.23. The van der Waals surface area contributed by atoms with E-state index in [2.05, 4.69) is 4.57 Å². The Morgan fingerprint density at radius 3 is 2.59 bits per heavy atom. The molecule has 1 aromatic carbocycles. The Labute approximate surface area is 101 Å². The average molecular weight is 235 g/mol. The molecule has 1 heterocycles. The monoisotopic (exact) mass is 235 g/mol. The van der Waals surface area contributed by atoms with Crippen LogP contribution < -0.4 is 0 Å². The van der Waals surface area contributed by atoms with Gasteiger partial charge >= 0.3 is 0 Å². The zero-order valence-electron chi connectivity index (χ0n) is 10.5. The Bertz CT molecular complexity index is 537. The lowest BCUT2D eigenvalue weighted by molar-refractivity contribution is 0.0791. The normalized spacial score (nSPS) is 12.3. The number of nitrogens with zero attached hydrogens (tertiary/aromatic N) is 1. The molecule has 92 valence electrons. The van der Waals surface area contributed by atoms with Crippen molar-refractivity contribution in [3.05, 3.63) is 35.8 Å². The molecule has 1 aromatic heterocycles. The highest BCUT2D eigenvalue weighted by Gasteiger charge is 2.17. The Morgan fingerprint density at radius 1 is 1.29 bits per heavy atom. The summed E-state index contributed by atoms with van der Waals surface area (Å²) < 4.78 is 15.3. The lowest BCUT2D eigenvalue weighted by atomic mass is 10.0. The van der Waals surface area contributed by atoms with Gasteiger partial charge in [0.25, 0.3) is 0 Å². The van der Waals surface area contributed by atoms with Crippen LogP contribution in [0.1, 0.15) is 26.5 Å². The molecule has 2 aromatic rings. The zero-order valence-corrected chi connectivity index (χ0v) is 10.5. The highest BCUT2D eigenvalue weighted by Crippen LogP contribution is 2.24. The molecule has 0 amide bonds. The van der Waals surface area contributed by atoms with Crippen LogP contribution in [0.3, 0.4) is 0 Å². The van der Waals surface area contributed by atoms with E-state index >= 15 is 0 Å². The van der Waals surface area contributed by atoms with Crippen LogP contribution in [0, 0.1) is 5.82 Å². The molecule has 0 radical (unpaired) electrons. The fourth-order valence-corrected chi connectivity index (χ4v) is 2.25. The van der Waals surface area contributed by atoms with E-state index in [0.29, 0.717) is 6.42 Å². The minimum absolute atomic E-state index is 0.222. The second kappa shape index (κ2) is 4.15. The third-order valence-corrected chi connectivity index (χ3v) is 2.88. The topological polar surface area (TPSA) is 25.2 Å². The van der Waals surface area contributed by atoms with E-state index in [-0.39, 0.29) is 5.82 Å². The standard InChI is InChI=1S/C14H18FNO/c1-4-16-12(9-14(2,3)17)7-10-5-6-11(15)8-13(10)16/h5-8,17H,4,9H2,1-3H3. The molecule has 0 aliphatic carbocycles. The summed E-state index contributed by atoms with van der Waals surface area (Å²) in [5.41, 5.74) is 1.19. The molecule has 1 N–H and O–H groups in total. The number of hydrogen-bond acceptors (Lipinski definition) is 1. The fraction of sp³-hybridized carbons (Fsp3) is 0.429. The van der Waals surface area contributed by atoms with Crippen molar-refractivity contribution in [2.45, 2.75) is 39.3 Å². The van der Waals surface area contributed by atoms with E-state index in [4.69, 9.17) is 0 Å². The highest BCUT2D eigenvalue weighted by molar-refractivity contribution is 5.81. The molecule has 0 saturated carbocycles. The van der Waals surface area contributed by atoms with Crippen LogP contribution in [-0.4, -0.2) is 15.3 Å². The fourth-order valence-electron chi connectivity index (χ4n) is 2.25. The number of rotatable bonds is 3. The Morgan fingerprint density at radius 2 is 2.00 bits per heavy atom. The van der Waals surface area contributed by atoms with Crippen LogP contribution >= 0.6 is 0 Å². The van der Waals surface area contributed by atoms with E-state index < -0.39 is 5.60 Å². The summed E-state index contributed by atoms with van der Waals surface area (Å²) in [7, 11) is 0. The van der Waals surface area contributed by atoms with Crippen molar-refractivity contribution in [1.82, 2.24) is 4.57 Å². The van der Waals surface area contributed by atoms with E-state index in [1.165, 1.54) is 6.07 Å². The van der Waals surface area contributed by atoms with Crippen LogP contribution in [-0.2, 0) is 13.0 Å². The van der Waals surface area contributed by atoms with Gasteiger partial charge < -0.3 is 9.67 Å². The molecule has 17 heavy (non-hydrogen) atoms. The van der Waals surface area contributed by atoms with Crippen molar-refractivity contribution in [1.29, 1.82) is 0 Å².